The Kier molecular flexibility index (Phi) is 4.13. The third-order valence-electron chi connectivity index (χ3n) is 3.43. The van der Waals surface area contributed by atoms with Crippen molar-refractivity contribution in [2.24, 2.45) is 5.92 Å². The second-order valence-electron chi connectivity index (χ2n) is 5.28. The molecule has 17 heavy (non-hydrogen) atoms. The summed E-state index contributed by atoms with van der Waals surface area (Å²) in [6.45, 7) is 7.66. The Morgan fingerprint density at radius 1 is 1.47 bits per heavy atom. The van der Waals surface area contributed by atoms with E-state index in [1.54, 1.807) is 0 Å². The first kappa shape index (κ1) is 12.5. The van der Waals surface area contributed by atoms with Crippen LogP contribution in [0.2, 0.25) is 0 Å². The fraction of sp³-hybridized carbons (Fsp3) is 0.643. The van der Waals surface area contributed by atoms with E-state index in [1.807, 2.05) is 0 Å². The van der Waals surface area contributed by atoms with Crippen molar-refractivity contribution in [1.29, 1.82) is 0 Å². The molecule has 1 aromatic heterocycles. The fourth-order valence-electron chi connectivity index (χ4n) is 2.34. The molecule has 2 rings (SSSR count). The molecule has 1 atom stereocenters. The molecule has 2 heterocycles. The standard InChI is InChI=1S/C14H22N2O/c1-11(2)14-5-3-4-13(15-14)9-16-7-6-12(8-16)10-17/h3-5,11-12,17H,6-10H2,1-2H3. The van der Waals surface area contributed by atoms with Crippen LogP contribution in [-0.2, 0) is 6.54 Å². The number of aliphatic hydroxyl groups is 1. The third kappa shape index (κ3) is 3.27. The Labute approximate surface area is 103 Å². The Morgan fingerprint density at radius 2 is 2.29 bits per heavy atom. The van der Waals surface area contributed by atoms with E-state index in [-0.39, 0.29) is 0 Å². The molecule has 3 heteroatoms. The van der Waals surface area contributed by atoms with Crippen molar-refractivity contribution >= 4 is 0 Å². The van der Waals surface area contributed by atoms with Crippen LogP contribution >= 0.6 is 0 Å². The van der Waals surface area contributed by atoms with Gasteiger partial charge in [0.1, 0.15) is 0 Å². The van der Waals surface area contributed by atoms with E-state index in [0.717, 1.165) is 31.7 Å². The second kappa shape index (κ2) is 5.61. The summed E-state index contributed by atoms with van der Waals surface area (Å²) in [6, 6.07) is 6.28. The lowest BCUT2D eigenvalue weighted by atomic mass is 10.1. The molecule has 1 fully saturated rings. The first-order valence-electron chi connectivity index (χ1n) is 6.48. The zero-order valence-corrected chi connectivity index (χ0v) is 10.8. The lowest BCUT2D eigenvalue weighted by Gasteiger charge is -2.16. The maximum Gasteiger partial charge on any atom is 0.0547 e. The number of rotatable bonds is 4. The Hall–Kier alpha value is -0.930. The molecule has 1 aromatic rings. The van der Waals surface area contributed by atoms with Gasteiger partial charge in [-0.2, -0.15) is 0 Å². The summed E-state index contributed by atoms with van der Waals surface area (Å²) in [6.07, 6.45) is 1.11. The minimum atomic E-state index is 0.315. The van der Waals surface area contributed by atoms with Crippen LogP contribution in [0.15, 0.2) is 18.2 Å². The van der Waals surface area contributed by atoms with E-state index in [1.165, 1.54) is 5.69 Å². The van der Waals surface area contributed by atoms with Crippen LogP contribution in [0.1, 0.15) is 37.6 Å². The van der Waals surface area contributed by atoms with Gasteiger partial charge in [-0.3, -0.25) is 9.88 Å². The van der Waals surface area contributed by atoms with Gasteiger partial charge in [-0.1, -0.05) is 19.9 Å². The van der Waals surface area contributed by atoms with Gasteiger partial charge in [0.2, 0.25) is 0 Å². The van der Waals surface area contributed by atoms with Gasteiger partial charge in [-0.15, -0.1) is 0 Å². The highest BCUT2D eigenvalue weighted by molar-refractivity contribution is 5.14. The molecule has 0 radical (unpaired) electrons. The second-order valence-corrected chi connectivity index (χ2v) is 5.28. The van der Waals surface area contributed by atoms with Crippen LogP contribution in [0.4, 0.5) is 0 Å². The maximum absolute atomic E-state index is 9.12. The van der Waals surface area contributed by atoms with Gasteiger partial charge in [0.15, 0.2) is 0 Å². The van der Waals surface area contributed by atoms with Gasteiger partial charge >= 0.3 is 0 Å². The van der Waals surface area contributed by atoms with Gasteiger partial charge in [-0.05, 0) is 36.9 Å². The predicted octanol–water partition coefficient (Wildman–Crippen LogP) is 2.02. The van der Waals surface area contributed by atoms with E-state index in [4.69, 9.17) is 5.11 Å². The summed E-state index contributed by atoms with van der Waals surface area (Å²) in [5.41, 5.74) is 2.31. The monoisotopic (exact) mass is 234 g/mol. The molecule has 0 spiro atoms. The van der Waals surface area contributed by atoms with Gasteiger partial charge < -0.3 is 5.11 Å². The highest BCUT2D eigenvalue weighted by Gasteiger charge is 2.21. The number of likely N-dealkylation sites (tertiary alicyclic amines) is 1. The fourth-order valence-corrected chi connectivity index (χ4v) is 2.34. The zero-order valence-electron chi connectivity index (χ0n) is 10.8. The summed E-state index contributed by atoms with van der Waals surface area (Å²) in [4.78, 5) is 7.06. The molecular formula is C14H22N2O. The lowest BCUT2D eigenvalue weighted by Crippen LogP contribution is -2.21. The molecule has 1 N–H and O–H groups in total. The van der Waals surface area contributed by atoms with Gasteiger partial charge in [0.25, 0.3) is 0 Å². The molecule has 1 saturated heterocycles. The van der Waals surface area contributed by atoms with Gasteiger partial charge in [-0.25, -0.2) is 0 Å². The molecule has 1 aliphatic heterocycles. The summed E-state index contributed by atoms with van der Waals surface area (Å²) >= 11 is 0. The molecule has 1 unspecified atom stereocenters. The van der Waals surface area contributed by atoms with Crippen molar-refractivity contribution in [2.45, 2.75) is 32.7 Å². The van der Waals surface area contributed by atoms with Crippen molar-refractivity contribution in [3.8, 4) is 0 Å². The minimum Gasteiger partial charge on any atom is -0.396 e. The van der Waals surface area contributed by atoms with Crippen LogP contribution in [0.5, 0.6) is 0 Å². The number of hydrogen-bond donors (Lipinski definition) is 1. The van der Waals surface area contributed by atoms with Crippen LogP contribution in [0.3, 0.4) is 0 Å². The Morgan fingerprint density at radius 3 is 2.94 bits per heavy atom. The molecule has 1 aliphatic rings. The topological polar surface area (TPSA) is 36.4 Å². The number of hydrogen-bond acceptors (Lipinski definition) is 3. The average molecular weight is 234 g/mol. The molecule has 0 aromatic carbocycles. The molecule has 0 aliphatic carbocycles. The maximum atomic E-state index is 9.12. The lowest BCUT2D eigenvalue weighted by molar-refractivity contribution is 0.219. The van der Waals surface area contributed by atoms with Crippen LogP contribution in [-0.4, -0.2) is 34.7 Å². The number of aliphatic hydroxyl groups excluding tert-OH is 1. The Balaban J connectivity index is 1.97. The third-order valence-corrected chi connectivity index (χ3v) is 3.43. The number of aromatic nitrogens is 1. The molecule has 94 valence electrons. The first-order valence-corrected chi connectivity index (χ1v) is 6.48. The van der Waals surface area contributed by atoms with E-state index < -0.39 is 0 Å². The van der Waals surface area contributed by atoms with E-state index in [2.05, 4.69) is 41.9 Å². The smallest absolute Gasteiger partial charge is 0.0547 e. The molecular weight excluding hydrogens is 212 g/mol. The molecule has 3 nitrogen and oxygen atoms in total. The highest BCUT2D eigenvalue weighted by atomic mass is 16.3. The van der Waals surface area contributed by atoms with Gasteiger partial charge in [0, 0.05) is 25.4 Å². The van der Waals surface area contributed by atoms with E-state index >= 15 is 0 Å². The molecule has 0 amide bonds. The summed E-state index contributed by atoms with van der Waals surface area (Å²) < 4.78 is 0. The summed E-state index contributed by atoms with van der Waals surface area (Å²) in [7, 11) is 0. The Bertz CT molecular complexity index is 365. The zero-order chi connectivity index (χ0) is 12.3. The van der Waals surface area contributed by atoms with Crippen LogP contribution in [0.25, 0.3) is 0 Å². The number of pyridine rings is 1. The molecule has 0 saturated carbocycles. The van der Waals surface area contributed by atoms with Crippen molar-refractivity contribution in [1.82, 2.24) is 9.88 Å². The van der Waals surface area contributed by atoms with Crippen molar-refractivity contribution < 1.29 is 5.11 Å². The predicted molar refractivity (Wildman–Crippen MR) is 68.8 cm³/mol. The van der Waals surface area contributed by atoms with E-state index in [0.29, 0.717) is 18.4 Å². The highest BCUT2D eigenvalue weighted by Crippen LogP contribution is 2.18. The largest absolute Gasteiger partial charge is 0.396 e. The number of nitrogens with zero attached hydrogens (tertiary/aromatic N) is 2. The quantitative estimate of drug-likeness (QED) is 0.866. The SMILES string of the molecule is CC(C)c1cccc(CN2CCC(CO)C2)n1. The van der Waals surface area contributed by atoms with Crippen LogP contribution < -0.4 is 0 Å². The van der Waals surface area contributed by atoms with Crippen molar-refractivity contribution in [3.05, 3.63) is 29.6 Å². The first-order chi connectivity index (χ1) is 8.19. The van der Waals surface area contributed by atoms with Gasteiger partial charge in [0.05, 0.1) is 5.69 Å². The minimum absolute atomic E-state index is 0.315. The summed E-state index contributed by atoms with van der Waals surface area (Å²) in [5, 5.41) is 9.12. The summed E-state index contributed by atoms with van der Waals surface area (Å²) in [5.74, 6) is 0.946. The van der Waals surface area contributed by atoms with Crippen molar-refractivity contribution in [2.75, 3.05) is 19.7 Å². The van der Waals surface area contributed by atoms with Crippen LogP contribution in [0, 0.1) is 5.92 Å². The van der Waals surface area contributed by atoms with E-state index in [9.17, 15) is 0 Å². The normalized spacial score (nSPS) is 21.3. The van der Waals surface area contributed by atoms with Crippen molar-refractivity contribution in [3.63, 3.8) is 0 Å². The average Bonchev–Trinajstić information content (AvgIpc) is 2.77. The molecule has 0 bridgehead atoms.